The third-order valence-electron chi connectivity index (χ3n) is 6.27. The fourth-order valence-corrected chi connectivity index (χ4v) is 4.65. The van der Waals surface area contributed by atoms with Gasteiger partial charge in [0, 0.05) is 20.6 Å². The van der Waals surface area contributed by atoms with E-state index < -0.39 is 6.10 Å². The molecule has 3 heterocycles. The molecule has 164 valence electrons. The average Bonchev–Trinajstić information content (AvgIpc) is 3.17. The van der Waals surface area contributed by atoms with Crippen LogP contribution < -0.4 is 16.0 Å². The quantitative estimate of drug-likeness (QED) is 0.500. The van der Waals surface area contributed by atoms with E-state index in [0.717, 1.165) is 33.8 Å². The van der Waals surface area contributed by atoms with Crippen LogP contribution in [0.1, 0.15) is 22.9 Å². The molecule has 0 fully saturated rings. The Morgan fingerprint density at radius 3 is 2.50 bits per heavy atom. The smallest absolute Gasteiger partial charge is 0.331 e. The SMILES string of the molecule is COc1cccc(C2OCCn3c(-c4ccc(C)cc4)c4c(=O)n(C)c(=O)n(C)c4c32)c1. The third-order valence-corrected chi connectivity index (χ3v) is 6.27. The van der Waals surface area contributed by atoms with E-state index in [-0.39, 0.29) is 11.2 Å². The molecule has 2 aromatic heterocycles. The van der Waals surface area contributed by atoms with Crippen molar-refractivity contribution in [3.8, 4) is 17.0 Å². The van der Waals surface area contributed by atoms with Crippen molar-refractivity contribution in [1.82, 2.24) is 13.7 Å². The van der Waals surface area contributed by atoms with Gasteiger partial charge in [0.25, 0.3) is 5.56 Å². The topological polar surface area (TPSA) is 67.4 Å². The number of aryl methyl sites for hydroxylation is 2. The van der Waals surface area contributed by atoms with E-state index in [9.17, 15) is 9.59 Å². The summed E-state index contributed by atoms with van der Waals surface area (Å²) in [6, 6.07) is 15.8. The zero-order valence-corrected chi connectivity index (χ0v) is 18.6. The maximum atomic E-state index is 13.4. The first-order valence-corrected chi connectivity index (χ1v) is 10.6. The van der Waals surface area contributed by atoms with E-state index >= 15 is 0 Å². The molecular formula is C25H25N3O4. The van der Waals surface area contributed by atoms with Crippen LogP contribution in [0, 0.1) is 6.92 Å². The van der Waals surface area contributed by atoms with Crippen molar-refractivity contribution in [3.05, 3.63) is 86.2 Å². The Morgan fingerprint density at radius 1 is 1.03 bits per heavy atom. The Kier molecular flexibility index (Phi) is 4.78. The average molecular weight is 431 g/mol. The molecule has 1 unspecified atom stereocenters. The largest absolute Gasteiger partial charge is 0.497 e. The van der Waals surface area contributed by atoms with E-state index in [2.05, 4.69) is 4.57 Å². The van der Waals surface area contributed by atoms with E-state index in [1.807, 2.05) is 55.5 Å². The van der Waals surface area contributed by atoms with Crippen molar-refractivity contribution in [2.24, 2.45) is 14.1 Å². The first kappa shape index (κ1) is 20.3. The molecule has 1 aliphatic rings. The van der Waals surface area contributed by atoms with Crippen LogP contribution in [0.5, 0.6) is 5.75 Å². The molecule has 7 nitrogen and oxygen atoms in total. The van der Waals surface area contributed by atoms with Gasteiger partial charge in [0.15, 0.2) is 0 Å². The normalized spacial score (nSPS) is 15.7. The predicted molar refractivity (Wildman–Crippen MR) is 123 cm³/mol. The number of ether oxygens (including phenoxy) is 2. The summed E-state index contributed by atoms with van der Waals surface area (Å²) in [6.07, 6.45) is -0.432. The Labute approximate surface area is 185 Å². The molecule has 0 amide bonds. The fraction of sp³-hybridized carbons (Fsp3) is 0.280. The maximum Gasteiger partial charge on any atom is 0.331 e. The minimum atomic E-state index is -0.432. The molecule has 0 bridgehead atoms. The highest BCUT2D eigenvalue weighted by Crippen LogP contribution is 2.41. The van der Waals surface area contributed by atoms with Crippen LogP contribution >= 0.6 is 0 Å². The lowest BCUT2D eigenvalue weighted by Gasteiger charge is -2.28. The van der Waals surface area contributed by atoms with Gasteiger partial charge in [-0.15, -0.1) is 0 Å². The first-order valence-electron chi connectivity index (χ1n) is 10.6. The molecule has 0 saturated carbocycles. The van der Waals surface area contributed by atoms with Crippen LogP contribution in [0.2, 0.25) is 0 Å². The van der Waals surface area contributed by atoms with Gasteiger partial charge >= 0.3 is 5.69 Å². The van der Waals surface area contributed by atoms with E-state index in [1.165, 1.54) is 11.6 Å². The molecule has 2 aromatic carbocycles. The zero-order valence-electron chi connectivity index (χ0n) is 18.6. The molecule has 0 saturated heterocycles. The number of methoxy groups -OCH3 is 1. The molecule has 1 atom stereocenters. The summed E-state index contributed by atoms with van der Waals surface area (Å²) < 4.78 is 16.5. The van der Waals surface area contributed by atoms with Crippen LogP contribution in [0.25, 0.3) is 22.2 Å². The predicted octanol–water partition coefficient (Wildman–Crippen LogP) is 3.14. The molecule has 0 aliphatic carbocycles. The van der Waals surface area contributed by atoms with E-state index in [4.69, 9.17) is 9.47 Å². The number of fused-ring (bicyclic) bond motifs is 3. The van der Waals surface area contributed by atoms with Gasteiger partial charge in [-0.1, -0.05) is 42.0 Å². The highest BCUT2D eigenvalue weighted by Gasteiger charge is 2.33. The van der Waals surface area contributed by atoms with Crippen molar-refractivity contribution < 1.29 is 9.47 Å². The van der Waals surface area contributed by atoms with Gasteiger partial charge < -0.3 is 14.0 Å². The zero-order chi connectivity index (χ0) is 22.6. The second-order valence-corrected chi connectivity index (χ2v) is 8.21. The van der Waals surface area contributed by atoms with Gasteiger partial charge in [-0.2, -0.15) is 0 Å². The Balaban J connectivity index is 1.92. The van der Waals surface area contributed by atoms with Gasteiger partial charge in [-0.3, -0.25) is 13.9 Å². The molecule has 7 heteroatoms. The van der Waals surface area contributed by atoms with Gasteiger partial charge in [-0.25, -0.2) is 4.79 Å². The summed E-state index contributed by atoms with van der Waals surface area (Å²) >= 11 is 0. The monoisotopic (exact) mass is 431 g/mol. The lowest BCUT2D eigenvalue weighted by Crippen LogP contribution is -2.37. The Hall–Kier alpha value is -3.58. The Bertz CT molecular complexity index is 1460. The fourth-order valence-electron chi connectivity index (χ4n) is 4.65. The van der Waals surface area contributed by atoms with Crippen LogP contribution in [0.4, 0.5) is 0 Å². The van der Waals surface area contributed by atoms with Gasteiger partial charge in [-0.05, 0) is 30.2 Å². The third kappa shape index (κ3) is 2.92. The maximum absolute atomic E-state index is 13.4. The van der Waals surface area contributed by atoms with Crippen LogP contribution in [-0.2, 0) is 25.4 Å². The number of hydrogen-bond acceptors (Lipinski definition) is 4. The first-order chi connectivity index (χ1) is 15.4. The number of nitrogens with zero attached hydrogens (tertiary/aromatic N) is 3. The van der Waals surface area contributed by atoms with Crippen molar-refractivity contribution >= 4 is 10.9 Å². The molecule has 0 spiro atoms. The minimum Gasteiger partial charge on any atom is -0.497 e. The second-order valence-electron chi connectivity index (χ2n) is 8.21. The summed E-state index contributed by atoms with van der Waals surface area (Å²) in [4.78, 5) is 26.3. The summed E-state index contributed by atoms with van der Waals surface area (Å²) in [7, 11) is 4.86. The molecule has 0 N–H and O–H groups in total. The van der Waals surface area contributed by atoms with Crippen molar-refractivity contribution in [2.75, 3.05) is 13.7 Å². The van der Waals surface area contributed by atoms with Crippen LogP contribution in [-0.4, -0.2) is 27.4 Å². The Morgan fingerprint density at radius 2 is 1.78 bits per heavy atom. The van der Waals surface area contributed by atoms with Crippen LogP contribution in [0.3, 0.4) is 0 Å². The van der Waals surface area contributed by atoms with E-state index in [0.29, 0.717) is 24.1 Å². The molecule has 0 radical (unpaired) electrons. The van der Waals surface area contributed by atoms with Crippen LogP contribution in [0.15, 0.2) is 58.1 Å². The minimum absolute atomic E-state index is 0.301. The number of aromatic nitrogens is 3. The summed E-state index contributed by atoms with van der Waals surface area (Å²) in [5.74, 6) is 0.725. The summed E-state index contributed by atoms with van der Waals surface area (Å²) in [5.41, 5.74) is 4.57. The van der Waals surface area contributed by atoms with Crippen molar-refractivity contribution in [2.45, 2.75) is 19.6 Å². The van der Waals surface area contributed by atoms with Gasteiger partial charge in [0.1, 0.15) is 11.9 Å². The van der Waals surface area contributed by atoms with Gasteiger partial charge in [0.05, 0.1) is 36.0 Å². The van der Waals surface area contributed by atoms with Crippen molar-refractivity contribution in [3.63, 3.8) is 0 Å². The standard InChI is InChI=1S/C25H25N3O4/c1-15-8-10-16(11-9-15)20-19-21(26(2)25(30)27(3)24(19)29)22-23(32-13-12-28(20)22)17-6-5-7-18(14-17)31-4/h5-11,14,23H,12-13H2,1-4H3. The summed E-state index contributed by atoms with van der Waals surface area (Å²) in [6.45, 7) is 3.11. The highest BCUT2D eigenvalue weighted by molar-refractivity contribution is 5.96. The van der Waals surface area contributed by atoms with Gasteiger partial charge in [0.2, 0.25) is 0 Å². The van der Waals surface area contributed by atoms with E-state index in [1.54, 1.807) is 18.7 Å². The number of rotatable bonds is 3. The summed E-state index contributed by atoms with van der Waals surface area (Å²) in [5, 5.41) is 0.534. The number of hydrogen-bond donors (Lipinski definition) is 0. The lowest BCUT2D eigenvalue weighted by molar-refractivity contribution is 0.0477. The molecule has 32 heavy (non-hydrogen) atoms. The lowest BCUT2D eigenvalue weighted by atomic mass is 10.0. The molecular weight excluding hydrogens is 406 g/mol. The number of benzene rings is 2. The molecule has 5 rings (SSSR count). The second kappa shape index (κ2) is 7.53. The molecule has 1 aliphatic heterocycles. The molecule has 4 aromatic rings. The van der Waals surface area contributed by atoms with Crippen molar-refractivity contribution in [1.29, 1.82) is 0 Å². The highest BCUT2D eigenvalue weighted by atomic mass is 16.5.